The van der Waals surface area contributed by atoms with E-state index in [1.165, 1.54) is 11.3 Å². The summed E-state index contributed by atoms with van der Waals surface area (Å²) in [6, 6.07) is 12.8. The molecule has 0 aliphatic rings. The molecule has 4 rings (SSSR count). The van der Waals surface area contributed by atoms with E-state index >= 15 is 0 Å². The monoisotopic (exact) mass is 336 g/mol. The number of nitrogens with one attached hydrogen (secondary N) is 2. The normalized spacial score (nSPS) is 11.0. The lowest BCUT2D eigenvalue weighted by molar-refractivity contribution is 0.102. The third kappa shape index (κ3) is 2.35. The number of benzene rings is 2. The molecule has 1 amide bonds. The Balaban J connectivity index is 1.75. The predicted molar refractivity (Wildman–Crippen MR) is 94.7 cm³/mol. The van der Waals surface area contributed by atoms with Crippen LogP contribution in [0.5, 0.6) is 0 Å². The van der Waals surface area contributed by atoms with Crippen LogP contribution in [0.15, 0.2) is 47.3 Å². The largest absolute Gasteiger partial charge is 0.296 e. The van der Waals surface area contributed by atoms with E-state index < -0.39 is 5.91 Å². The number of hydrogen-bond donors (Lipinski definition) is 2. The van der Waals surface area contributed by atoms with E-state index in [9.17, 15) is 9.59 Å². The molecule has 0 fully saturated rings. The summed E-state index contributed by atoms with van der Waals surface area (Å²) < 4.78 is 1.00. The van der Waals surface area contributed by atoms with Crippen molar-refractivity contribution >= 4 is 43.4 Å². The first kappa shape index (κ1) is 14.5. The fraction of sp³-hybridized carbons (Fsp3) is 0.0588. The Hall–Kier alpha value is -3.06. The highest BCUT2D eigenvalue weighted by molar-refractivity contribution is 7.22. The van der Waals surface area contributed by atoms with Gasteiger partial charge in [-0.1, -0.05) is 41.7 Å². The summed E-state index contributed by atoms with van der Waals surface area (Å²) in [7, 11) is 0. The number of nitrogens with zero attached hydrogens (tertiary/aromatic N) is 2. The first-order chi connectivity index (χ1) is 11.6. The smallest absolute Gasteiger partial charge is 0.278 e. The summed E-state index contributed by atoms with van der Waals surface area (Å²) in [6.07, 6.45) is 0. The second kappa shape index (κ2) is 5.54. The van der Waals surface area contributed by atoms with E-state index in [4.69, 9.17) is 0 Å². The Morgan fingerprint density at radius 3 is 2.71 bits per heavy atom. The van der Waals surface area contributed by atoms with Crippen molar-refractivity contribution in [2.24, 2.45) is 0 Å². The molecule has 0 bridgehead atoms. The number of carbonyl (C=O) groups excluding carboxylic acids is 1. The first-order valence-corrected chi connectivity index (χ1v) is 8.10. The Kier molecular flexibility index (Phi) is 3.35. The molecular formula is C17H12N4O2S. The van der Waals surface area contributed by atoms with E-state index in [0.717, 1.165) is 15.8 Å². The van der Waals surface area contributed by atoms with Crippen LogP contribution in [0.25, 0.3) is 21.0 Å². The molecule has 2 N–H and O–H groups in total. The molecule has 0 saturated carbocycles. The van der Waals surface area contributed by atoms with Crippen molar-refractivity contribution in [3.05, 3.63) is 64.1 Å². The molecule has 0 saturated heterocycles. The highest BCUT2D eigenvalue weighted by Gasteiger charge is 2.16. The maximum Gasteiger partial charge on any atom is 0.278 e. The fourth-order valence-corrected chi connectivity index (χ4v) is 3.52. The minimum atomic E-state index is -0.404. The van der Waals surface area contributed by atoms with Crippen LogP contribution in [0.3, 0.4) is 0 Å². The highest BCUT2D eigenvalue weighted by atomic mass is 32.1. The Bertz CT molecular complexity index is 1150. The van der Waals surface area contributed by atoms with Gasteiger partial charge in [-0.05, 0) is 24.6 Å². The minimum Gasteiger partial charge on any atom is -0.296 e. The third-order valence-corrected chi connectivity index (χ3v) is 4.69. The molecule has 118 valence electrons. The minimum absolute atomic E-state index is 0.168. The van der Waals surface area contributed by atoms with Crippen molar-refractivity contribution < 1.29 is 4.79 Å². The number of anilines is 1. The number of aromatic nitrogens is 3. The van der Waals surface area contributed by atoms with Crippen molar-refractivity contribution in [3.63, 3.8) is 0 Å². The van der Waals surface area contributed by atoms with Crippen molar-refractivity contribution in [2.75, 3.05) is 5.32 Å². The van der Waals surface area contributed by atoms with Gasteiger partial charge in [0.1, 0.15) is 0 Å². The van der Waals surface area contributed by atoms with Crippen LogP contribution in [-0.2, 0) is 0 Å². The summed E-state index contributed by atoms with van der Waals surface area (Å²) in [5.74, 6) is -0.404. The molecule has 0 atom stereocenters. The predicted octanol–water partition coefficient (Wildman–Crippen LogP) is 3.09. The lowest BCUT2D eigenvalue weighted by atomic mass is 10.1. The van der Waals surface area contributed by atoms with E-state index in [0.29, 0.717) is 15.9 Å². The zero-order chi connectivity index (χ0) is 16.7. The van der Waals surface area contributed by atoms with Crippen LogP contribution >= 0.6 is 11.3 Å². The summed E-state index contributed by atoms with van der Waals surface area (Å²) in [4.78, 5) is 28.8. The molecule has 0 aliphatic carbocycles. The maximum absolute atomic E-state index is 12.6. The highest BCUT2D eigenvalue weighted by Crippen LogP contribution is 2.28. The number of aromatic amines is 1. The van der Waals surface area contributed by atoms with Crippen LogP contribution in [0, 0.1) is 6.92 Å². The van der Waals surface area contributed by atoms with Gasteiger partial charge < -0.3 is 0 Å². The Labute approximate surface area is 140 Å². The lowest BCUT2D eigenvalue weighted by Crippen LogP contribution is -2.19. The summed E-state index contributed by atoms with van der Waals surface area (Å²) >= 11 is 1.40. The number of thiazole rings is 1. The SMILES string of the molecule is Cc1cccc2sc(NC(=O)c3n[nH]c(=O)c4ccccc34)nc12. The van der Waals surface area contributed by atoms with Gasteiger partial charge in [0.25, 0.3) is 11.5 Å². The molecule has 0 aliphatic heterocycles. The van der Waals surface area contributed by atoms with Crippen LogP contribution in [0.1, 0.15) is 16.1 Å². The van der Waals surface area contributed by atoms with Crippen LogP contribution < -0.4 is 10.9 Å². The zero-order valence-electron chi connectivity index (χ0n) is 12.7. The number of hydrogen-bond acceptors (Lipinski definition) is 5. The van der Waals surface area contributed by atoms with E-state index in [1.807, 2.05) is 25.1 Å². The molecule has 0 spiro atoms. The van der Waals surface area contributed by atoms with Crippen LogP contribution in [0.2, 0.25) is 0 Å². The van der Waals surface area contributed by atoms with Gasteiger partial charge in [0, 0.05) is 5.39 Å². The van der Waals surface area contributed by atoms with Crippen LogP contribution in [-0.4, -0.2) is 21.1 Å². The molecule has 2 aromatic heterocycles. The third-order valence-electron chi connectivity index (χ3n) is 3.75. The van der Waals surface area contributed by atoms with Gasteiger partial charge in [-0.25, -0.2) is 10.1 Å². The maximum atomic E-state index is 12.6. The summed E-state index contributed by atoms with van der Waals surface area (Å²) in [5.41, 5.74) is 1.77. The van der Waals surface area contributed by atoms with Gasteiger partial charge >= 0.3 is 0 Å². The molecule has 4 aromatic rings. The van der Waals surface area contributed by atoms with Crippen LogP contribution in [0.4, 0.5) is 5.13 Å². The molecule has 0 radical (unpaired) electrons. The fourth-order valence-electron chi connectivity index (χ4n) is 2.58. The molecular weight excluding hydrogens is 324 g/mol. The number of carbonyl (C=O) groups is 1. The van der Waals surface area contributed by atoms with Gasteiger partial charge in [0.2, 0.25) is 0 Å². The lowest BCUT2D eigenvalue weighted by Gasteiger charge is -2.04. The molecule has 6 nitrogen and oxygen atoms in total. The Morgan fingerprint density at radius 2 is 1.92 bits per heavy atom. The van der Waals surface area contributed by atoms with Gasteiger partial charge in [0.05, 0.1) is 15.6 Å². The van der Waals surface area contributed by atoms with Crippen molar-refractivity contribution in [1.82, 2.24) is 15.2 Å². The average Bonchev–Trinajstić information content (AvgIpc) is 2.99. The van der Waals surface area contributed by atoms with Crippen molar-refractivity contribution in [3.8, 4) is 0 Å². The van der Waals surface area contributed by atoms with E-state index in [1.54, 1.807) is 24.3 Å². The average molecular weight is 336 g/mol. The van der Waals surface area contributed by atoms with Gasteiger partial charge in [0.15, 0.2) is 10.8 Å². The van der Waals surface area contributed by atoms with Gasteiger partial charge in [-0.2, -0.15) is 5.10 Å². The standard InChI is InChI=1S/C17H12N4O2S/c1-9-5-4-8-12-13(9)18-17(24-12)19-16(23)14-10-6-2-3-7-11(10)15(22)21-20-14/h2-8H,1H3,(H,21,22)(H,18,19,23). The summed E-state index contributed by atoms with van der Waals surface area (Å²) in [6.45, 7) is 1.98. The van der Waals surface area contributed by atoms with Gasteiger partial charge in [-0.3, -0.25) is 14.9 Å². The van der Waals surface area contributed by atoms with E-state index in [-0.39, 0.29) is 11.3 Å². The number of aryl methyl sites for hydroxylation is 1. The molecule has 2 aromatic carbocycles. The second-order valence-electron chi connectivity index (χ2n) is 5.34. The number of rotatable bonds is 2. The van der Waals surface area contributed by atoms with Crippen molar-refractivity contribution in [1.29, 1.82) is 0 Å². The van der Waals surface area contributed by atoms with E-state index in [2.05, 4.69) is 20.5 Å². The quantitative estimate of drug-likeness (QED) is 0.589. The number of amides is 1. The molecule has 2 heterocycles. The number of H-pyrrole nitrogens is 1. The molecule has 7 heteroatoms. The number of fused-ring (bicyclic) bond motifs is 2. The van der Waals surface area contributed by atoms with Gasteiger partial charge in [-0.15, -0.1) is 0 Å². The summed E-state index contributed by atoms with van der Waals surface area (Å²) in [5, 5.41) is 10.5. The topological polar surface area (TPSA) is 87.7 Å². The van der Waals surface area contributed by atoms with Crippen molar-refractivity contribution in [2.45, 2.75) is 6.92 Å². The Morgan fingerprint density at radius 1 is 1.12 bits per heavy atom. The first-order valence-electron chi connectivity index (χ1n) is 7.28. The molecule has 24 heavy (non-hydrogen) atoms. The second-order valence-corrected chi connectivity index (χ2v) is 6.37. The molecule has 0 unspecified atom stereocenters. The zero-order valence-corrected chi connectivity index (χ0v) is 13.5. The number of para-hydroxylation sites is 1.